The molecule has 1 unspecified atom stereocenters. The van der Waals surface area contributed by atoms with E-state index in [0.29, 0.717) is 12.6 Å². The summed E-state index contributed by atoms with van der Waals surface area (Å²) in [5.41, 5.74) is 2.51. The van der Waals surface area contributed by atoms with Gasteiger partial charge in [0.05, 0.1) is 6.61 Å². The number of fused-ring (bicyclic) bond motifs is 1. The fraction of sp³-hybridized carbons (Fsp3) is 0.625. The van der Waals surface area contributed by atoms with Crippen LogP contribution in [0.4, 0.5) is 0 Å². The van der Waals surface area contributed by atoms with Gasteiger partial charge in [0.25, 0.3) is 0 Å². The summed E-state index contributed by atoms with van der Waals surface area (Å²) in [5, 5.41) is 3.32. The van der Waals surface area contributed by atoms with Crippen molar-refractivity contribution in [1.82, 2.24) is 10.2 Å². The Morgan fingerprint density at radius 3 is 2.85 bits per heavy atom. The molecule has 2 aliphatic rings. The van der Waals surface area contributed by atoms with Gasteiger partial charge in [0, 0.05) is 43.2 Å². The highest BCUT2D eigenvalue weighted by Crippen LogP contribution is 2.35. The first-order valence-corrected chi connectivity index (χ1v) is 7.53. The molecule has 2 heterocycles. The first-order valence-electron chi connectivity index (χ1n) is 7.53. The molecule has 1 N–H and O–H groups in total. The van der Waals surface area contributed by atoms with Crippen molar-refractivity contribution in [2.24, 2.45) is 0 Å². The number of nitrogens with one attached hydrogen (secondary N) is 1. The third-order valence-electron chi connectivity index (χ3n) is 4.18. The summed E-state index contributed by atoms with van der Waals surface area (Å²) in [5.74, 6) is 2.05. The molecule has 0 spiro atoms. The van der Waals surface area contributed by atoms with Crippen LogP contribution in [-0.4, -0.2) is 43.8 Å². The van der Waals surface area contributed by atoms with Crippen LogP contribution >= 0.6 is 0 Å². The Kier molecular flexibility index (Phi) is 3.85. The quantitative estimate of drug-likeness (QED) is 0.889. The molecule has 4 heteroatoms. The van der Waals surface area contributed by atoms with Gasteiger partial charge in [-0.1, -0.05) is 0 Å². The number of nitrogens with zero attached hydrogens (tertiary/aromatic N) is 1. The molecule has 0 aliphatic carbocycles. The summed E-state index contributed by atoms with van der Waals surface area (Å²) in [7, 11) is 2.18. The molecular weight excluding hydrogens is 252 g/mol. The first kappa shape index (κ1) is 13.7. The number of likely N-dealkylation sites (N-methyl/N-ethyl adjacent to an activating group) is 1. The van der Waals surface area contributed by atoms with E-state index in [0.717, 1.165) is 37.6 Å². The molecule has 1 atom stereocenters. The third-order valence-corrected chi connectivity index (χ3v) is 4.18. The Morgan fingerprint density at radius 1 is 1.40 bits per heavy atom. The highest BCUT2D eigenvalue weighted by atomic mass is 16.5. The van der Waals surface area contributed by atoms with Gasteiger partial charge in [-0.2, -0.15) is 0 Å². The van der Waals surface area contributed by atoms with E-state index in [2.05, 4.69) is 36.3 Å². The van der Waals surface area contributed by atoms with Gasteiger partial charge in [0.15, 0.2) is 0 Å². The molecule has 110 valence electrons. The molecule has 0 aromatic heterocycles. The van der Waals surface area contributed by atoms with Crippen LogP contribution in [0, 0.1) is 0 Å². The molecule has 1 saturated heterocycles. The van der Waals surface area contributed by atoms with Gasteiger partial charge in [-0.15, -0.1) is 0 Å². The van der Waals surface area contributed by atoms with E-state index in [1.807, 2.05) is 6.92 Å². The van der Waals surface area contributed by atoms with Gasteiger partial charge >= 0.3 is 0 Å². The number of rotatable bonds is 5. The Labute approximate surface area is 121 Å². The molecule has 1 fully saturated rings. The Morgan fingerprint density at radius 2 is 2.20 bits per heavy atom. The summed E-state index contributed by atoms with van der Waals surface area (Å²) in [4.78, 5) is 2.39. The van der Waals surface area contributed by atoms with Crippen molar-refractivity contribution in [3.63, 3.8) is 0 Å². The van der Waals surface area contributed by atoms with E-state index in [1.54, 1.807) is 0 Å². The maximum atomic E-state index is 5.88. The highest BCUT2D eigenvalue weighted by Gasteiger charge is 2.25. The van der Waals surface area contributed by atoms with Crippen LogP contribution in [0.3, 0.4) is 0 Å². The summed E-state index contributed by atoms with van der Waals surface area (Å²) in [6.07, 6.45) is 1.27. The van der Waals surface area contributed by atoms with Crippen molar-refractivity contribution >= 4 is 0 Å². The standard InChI is InChI=1S/C16H24N2O2/c1-4-19-15-6-12-5-11(2)20-16(12)7-13(15)10-18(3)14-8-17-9-14/h6-7,11,14,17H,4-5,8-10H2,1-3H3. The third kappa shape index (κ3) is 2.63. The molecule has 0 saturated carbocycles. The van der Waals surface area contributed by atoms with Gasteiger partial charge in [0.2, 0.25) is 0 Å². The van der Waals surface area contributed by atoms with Gasteiger partial charge in [-0.05, 0) is 33.0 Å². The van der Waals surface area contributed by atoms with Crippen molar-refractivity contribution in [1.29, 1.82) is 0 Å². The van der Waals surface area contributed by atoms with Crippen LogP contribution in [0.2, 0.25) is 0 Å². The minimum Gasteiger partial charge on any atom is -0.494 e. The van der Waals surface area contributed by atoms with Gasteiger partial charge < -0.3 is 14.8 Å². The zero-order valence-corrected chi connectivity index (χ0v) is 12.6. The summed E-state index contributed by atoms with van der Waals surface area (Å²) < 4.78 is 11.7. The first-order chi connectivity index (χ1) is 9.67. The smallest absolute Gasteiger partial charge is 0.124 e. The minimum absolute atomic E-state index is 0.281. The Balaban J connectivity index is 1.82. The average molecular weight is 276 g/mol. The number of hydrogen-bond acceptors (Lipinski definition) is 4. The van der Waals surface area contributed by atoms with Crippen LogP contribution < -0.4 is 14.8 Å². The van der Waals surface area contributed by atoms with E-state index in [9.17, 15) is 0 Å². The second-order valence-corrected chi connectivity index (χ2v) is 5.86. The van der Waals surface area contributed by atoms with E-state index in [4.69, 9.17) is 9.47 Å². The van der Waals surface area contributed by atoms with Crippen LogP contribution in [0.5, 0.6) is 11.5 Å². The lowest BCUT2D eigenvalue weighted by Gasteiger charge is -2.36. The Bertz CT molecular complexity index is 486. The Hall–Kier alpha value is -1.26. The van der Waals surface area contributed by atoms with Crippen molar-refractivity contribution in [2.75, 3.05) is 26.7 Å². The lowest BCUT2D eigenvalue weighted by atomic mass is 10.0. The van der Waals surface area contributed by atoms with Crippen LogP contribution in [-0.2, 0) is 13.0 Å². The van der Waals surface area contributed by atoms with E-state index >= 15 is 0 Å². The summed E-state index contributed by atoms with van der Waals surface area (Å²) >= 11 is 0. The lowest BCUT2D eigenvalue weighted by Crippen LogP contribution is -2.55. The fourth-order valence-corrected chi connectivity index (χ4v) is 2.88. The second-order valence-electron chi connectivity index (χ2n) is 5.86. The lowest BCUT2D eigenvalue weighted by molar-refractivity contribution is 0.170. The normalized spacial score (nSPS) is 21.5. The summed E-state index contributed by atoms with van der Waals surface area (Å²) in [6, 6.07) is 4.98. The zero-order chi connectivity index (χ0) is 14.1. The van der Waals surface area contributed by atoms with Crippen LogP contribution in [0.1, 0.15) is 25.0 Å². The van der Waals surface area contributed by atoms with E-state index < -0.39 is 0 Å². The predicted molar refractivity (Wildman–Crippen MR) is 79.5 cm³/mol. The number of benzene rings is 1. The molecule has 0 radical (unpaired) electrons. The molecule has 1 aromatic carbocycles. The summed E-state index contributed by atoms with van der Waals surface area (Å²) in [6.45, 7) is 7.93. The molecule has 3 rings (SSSR count). The second kappa shape index (κ2) is 5.62. The molecular formula is C16H24N2O2. The van der Waals surface area contributed by atoms with Crippen LogP contribution in [0.25, 0.3) is 0 Å². The van der Waals surface area contributed by atoms with Crippen molar-refractivity contribution in [3.05, 3.63) is 23.3 Å². The maximum Gasteiger partial charge on any atom is 0.124 e. The fourth-order valence-electron chi connectivity index (χ4n) is 2.88. The SMILES string of the molecule is CCOc1cc2c(cc1CN(C)C1CNC1)OC(C)C2. The van der Waals surface area contributed by atoms with Gasteiger partial charge in [-0.3, -0.25) is 4.90 Å². The maximum absolute atomic E-state index is 5.88. The molecule has 20 heavy (non-hydrogen) atoms. The van der Waals surface area contributed by atoms with Crippen molar-refractivity contribution < 1.29 is 9.47 Å². The van der Waals surface area contributed by atoms with Crippen LogP contribution in [0.15, 0.2) is 12.1 Å². The van der Waals surface area contributed by atoms with Gasteiger partial charge in [0.1, 0.15) is 17.6 Å². The predicted octanol–water partition coefficient (Wildman–Crippen LogP) is 1.81. The topological polar surface area (TPSA) is 33.7 Å². The van der Waals surface area contributed by atoms with Crippen molar-refractivity contribution in [3.8, 4) is 11.5 Å². The van der Waals surface area contributed by atoms with Crippen molar-refractivity contribution in [2.45, 2.75) is 39.0 Å². The minimum atomic E-state index is 0.281. The van der Waals surface area contributed by atoms with E-state index in [1.165, 1.54) is 11.1 Å². The molecule has 0 bridgehead atoms. The molecule has 0 amide bonds. The average Bonchev–Trinajstić information content (AvgIpc) is 2.66. The zero-order valence-electron chi connectivity index (χ0n) is 12.6. The van der Waals surface area contributed by atoms with Gasteiger partial charge in [-0.25, -0.2) is 0 Å². The number of ether oxygens (including phenoxy) is 2. The molecule has 1 aromatic rings. The van der Waals surface area contributed by atoms with E-state index in [-0.39, 0.29) is 6.10 Å². The monoisotopic (exact) mass is 276 g/mol. The number of hydrogen-bond donors (Lipinski definition) is 1. The largest absolute Gasteiger partial charge is 0.494 e. The molecule has 2 aliphatic heterocycles. The molecule has 4 nitrogen and oxygen atoms in total. The highest BCUT2D eigenvalue weighted by molar-refractivity contribution is 5.48.